The van der Waals surface area contributed by atoms with Gasteiger partial charge in [-0.2, -0.15) is 0 Å². The smallest absolute Gasteiger partial charge is 0.0705 e. The van der Waals surface area contributed by atoms with Crippen LogP contribution < -0.4 is 0 Å². The molecule has 0 bridgehead atoms. The van der Waals surface area contributed by atoms with Crippen molar-refractivity contribution in [1.29, 1.82) is 0 Å². The van der Waals surface area contributed by atoms with E-state index < -0.39 is 0 Å². The van der Waals surface area contributed by atoms with Crippen LogP contribution in [-0.2, 0) is 0 Å². The lowest BCUT2D eigenvalue weighted by molar-refractivity contribution is 0.112. The highest BCUT2D eigenvalue weighted by Gasteiger charge is 2.47. The van der Waals surface area contributed by atoms with E-state index in [0.717, 1.165) is 31.2 Å². The van der Waals surface area contributed by atoms with Crippen molar-refractivity contribution in [3.63, 3.8) is 0 Å². The second kappa shape index (κ2) is 4.72. The molecule has 1 nitrogen and oxygen atoms in total. The molecule has 1 N–H and O–H groups in total. The first kappa shape index (κ1) is 11.2. The molecule has 1 aliphatic carbocycles. The molecule has 1 atom stereocenters. The zero-order valence-electron chi connectivity index (χ0n) is 9.74. The Balaban J connectivity index is 2.07. The van der Waals surface area contributed by atoms with Gasteiger partial charge in [0.15, 0.2) is 0 Å². The van der Waals surface area contributed by atoms with Crippen molar-refractivity contribution >= 4 is 0 Å². The predicted molar refractivity (Wildman–Crippen MR) is 65.9 cm³/mol. The fourth-order valence-corrected chi connectivity index (χ4v) is 1.94. The summed E-state index contributed by atoms with van der Waals surface area (Å²) in [5.74, 6) is 6.45. The van der Waals surface area contributed by atoms with Crippen LogP contribution in [0, 0.1) is 17.3 Å². The van der Waals surface area contributed by atoms with E-state index in [2.05, 4.69) is 18.8 Å². The third kappa shape index (κ3) is 2.46. The Labute approximate surface area is 97.5 Å². The van der Waals surface area contributed by atoms with Gasteiger partial charge in [0.05, 0.1) is 11.5 Å². The van der Waals surface area contributed by atoms with Crippen LogP contribution in [0.3, 0.4) is 0 Å². The first-order valence-electron chi connectivity index (χ1n) is 6.03. The topological polar surface area (TPSA) is 20.2 Å². The highest BCUT2D eigenvalue weighted by Crippen LogP contribution is 2.49. The summed E-state index contributed by atoms with van der Waals surface area (Å²) in [6.45, 7) is 2.10. The van der Waals surface area contributed by atoms with Crippen LogP contribution in [-0.4, -0.2) is 11.2 Å². The van der Waals surface area contributed by atoms with Gasteiger partial charge < -0.3 is 5.11 Å². The minimum Gasteiger partial charge on any atom is -0.392 e. The van der Waals surface area contributed by atoms with E-state index in [4.69, 9.17) is 0 Å². The van der Waals surface area contributed by atoms with Gasteiger partial charge in [-0.05, 0) is 31.4 Å². The number of aliphatic hydroxyl groups excluding tert-OH is 1. The minimum absolute atomic E-state index is 0.0914. The Morgan fingerprint density at radius 1 is 1.31 bits per heavy atom. The van der Waals surface area contributed by atoms with Gasteiger partial charge >= 0.3 is 0 Å². The van der Waals surface area contributed by atoms with Crippen LogP contribution >= 0.6 is 0 Å². The monoisotopic (exact) mass is 214 g/mol. The highest BCUT2D eigenvalue weighted by atomic mass is 16.3. The van der Waals surface area contributed by atoms with E-state index in [0.29, 0.717) is 0 Å². The molecule has 1 aromatic carbocycles. The summed E-state index contributed by atoms with van der Waals surface area (Å²) in [5, 5.41) is 10.0. The number of rotatable bonds is 3. The minimum atomic E-state index is -0.242. The molecule has 1 aromatic rings. The van der Waals surface area contributed by atoms with E-state index >= 15 is 0 Å². The fraction of sp³-hybridized carbons (Fsp3) is 0.467. The standard InChI is InChI=1S/C15H18O/c1-2-6-14(16)15(11-12-15)10-9-13-7-4-3-5-8-13/h3-5,7-8,14,16H,2,6,11-12H2,1H3. The molecular weight excluding hydrogens is 196 g/mol. The van der Waals surface area contributed by atoms with E-state index in [1.54, 1.807) is 0 Å². The lowest BCUT2D eigenvalue weighted by Gasteiger charge is -2.15. The first-order chi connectivity index (χ1) is 7.77. The van der Waals surface area contributed by atoms with Crippen molar-refractivity contribution in [1.82, 2.24) is 0 Å². The Hall–Kier alpha value is -1.26. The predicted octanol–water partition coefficient (Wildman–Crippen LogP) is 2.98. The van der Waals surface area contributed by atoms with Crippen molar-refractivity contribution < 1.29 is 5.11 Å². The second-order valence-corrected chi connectivity index (χ2v) is 4.58. The van der Waals surface area contributed by atoms with E-state index in [9.17, 15) is 5.11 Å². The molecule has 0 heterocycles. The quantitative estimate of drug-likeness (QED) is 0.767. The average molecular weight is 214 g/mol. The van der Waals surface area contributed by atoms with Gasteiger partial charge in [-0.25, -0.2) is 0 Å². The zero-order chi connectivity index (χ0) is 11.4. The van der Waals surface area contributed by atoms with Gasteiger partial charge in [0, 0.05) is 5.56 Å². The number of aliphatic hydroxyl groups is 1. The summed E-state index contributed by atoms with van der Waals surface area (Å²) in [7, 11) is 0. The number of benzene rings is 1. The lowest BCUT2D eigenvalue weighted by Crippen LogP contribution is -2.19. The highest BCUT2D eigenvalue weighted by molar-refractivity contribution is 5.37. The molecule has 1 aliphatic rings. The summed E-state index contributed by atoms with van der Waals surface area (Å²) in [6, 6.07) is 9.99. The molecule has 1 unspecified atom stereocenters. The van der Waals surface area contributed by atoms with Gasteiger partial charge in [-0.15, -0.1) is 0 Å². The zero-order valence-corrected chi connectivity index (χ0v) is 9.74. The van der Waals surface area contributed by atoms with Crippen LogP contribution in [0.1, 0.15) is 38.2 Å². The molecule has 0 saturated heterocycles. The summed E-state index contributed by atoms with van der Waals surface area (Å²) in [5.41, 5.74) is 0.948. The average Bonchev–Trinajstić information content (AvgIpc) is 3.09. The lowest BCUT2D eigenvalue weighted by atomic mass is 9.96. The molecule has 0 spiro atoms. The number of hydrogen-bond donors (Lipinski definition) is 1. The Bertz CT molecular complexity index is 392. The Morgan fingerprint density at radius 2 is 2.00 bits per heavy atom. The maximum absolute atomic E-state index is 10.0. The maximum atomic E-state index is 10.0. The summed E-state index contributed by atoms with van der Waals surface area (Å²) in [4.78, 5) is 0. The molecule has 0 radical (unpaired) electrons. The fourth-order valence-electron chi connectivity index (χ4n) is 1.94. The van der Waals surface area contributed by atoms with Crippen LogP contribution in [0.4, 0.5) is 0 Å². The third-order valence-electron chi connectivity index (χ3n) is 3.22. The van der Waals surface area contributed by atoms with Crippen molar-refractivity contribution in [2.24, 2.45) is 5.41 Å². The SMILES string of the molecule is CCCC(O)C1(C#Cc2ccccc2)CC1. The van der Waals surface area contributed by atoms with Crippen LogP contribution in [0.15, 0.2) is 30.3 Å². The molecule has 0 aliphatic heterocycles. The van der Waals surface area contributed by atoms with Gasteiger partial charge in [0.2, 0.25) is 0 Å². The molecule has 2 rings (SSSR count). The van der Waals surface area contributed by atoms with Crippen molar-refractivity contribution in [3.8, 4) is 11.8 Å². The van der Waals surface area contributed by atoms with Crippen LogP contribution in [0.5, 0.6) is 0 Å². The van der Waals surface area contributed by atoms with E-state index in [-0.39, 0.29) is 11.5 Å². The number of hydrogen-bond acceptors (Lipinski definition) is 1. The third-order valence-corrected chi connectivity index (χ3v) is 3.22. The van der Waals surface area contributed by atoms with Crippen LogP contribution in [0.2, 0.25) is 0 Å². The summed E-state index contributed by atoms with van der Waals surface area (Å²) in [6.07, 6.45) is 3.75. The summed E-state index contributed by atoms with van der Waals surface area (Å²) < 4.78 is 0. The second-order valence-electron chi connectivity index (χ2n) is 4.58. The normalized spacial score (nSPS) is 18.4. The van der Waals surface area contributed by atoms with Crippen LogP contribution in [0.25, 0.3) is 0 Å². The molecule has 1 heteroatoms. The van der Waals surface area contributed by atoms with Gasteiger partial charge in [0.1, 0.15) is 0 Å². The van der Waals surface area contributed by atoms with E-state index in [1.165, 1.54) is 0 Å². The van der Waals surface area contributed by atoms with Crippen molar-refractivity contribution in [2.45, 2.75) is 38.7 Å². The van der Waals surface area contributed by atoms with Gasteiger partial charge in [-0.1, -0.05) is 43.4 Å². The van der Waals surface area contributed by atoms with Crippen molar-refractivity contribution in [2.75, 3.05) is 0 Å². The van der Waals surface area contributed by atoms with Gasteiger partial charge in [-0.3, -0.25) is 0 Å². The first-order valence-corrected chi connectivity index (χ1v) is 6.03. The molecule has 0 amide bonds. The largest absolute Gasteiger partial charge is 0.392 e. The molecule has 0 aromatic heterocycles. The summed E-state index contributed by atoms with van der Waals surface area (Å²) >= 11 is 0. The molecule has 1 fully saturated rings. The maximum Gasteiger partial charge on any atom is 0.0705 e. The molecule has 84 valence electrons. The molecule has 16 heavy (non-hydrogen) atoms. The van der Waals surface area contributed by atoms with E-state index in [1.807, 2.05) is 30.3 Å². The van der Waals surface area contributed by atoms with Crippen molar-refractivity contribution in [3.05, 3.63) is 35.9 Å². The van der Waals surface area contributed by atoms with Gasteiger partial charge in [0.25, 0.3) is 0 Å². The Kier molecular flexibility index (Phi) is 3.31. The Morgan fingerprint density at radius 3 is 2.56 bits per heavy atom. The molecule has 1 saturated carbocycles. The molecular formula is C15H18O.